The van der Waals surface area contributed by atoms with E-state index in [4.69, 9.17) is 4.74 Å². The molecule has 2 unspecified atom stereocenters. The number of carbonyl (C=O) groups excluding carboxylic acids is 2. The van der Waals surface area contributed by atoms with Gasteiger partial charge in [-0.25, -0.2) is 4.79 Å². The van der Waals surface area contributed by atoms with Gasteiger partial charge in [-0.15, -0.1) is 0 Å². The molecule has 4 aliphatic rings. The van der Waals surface area contributed by atoms with Crippen molar-refractivity contribution in [2.75, 3.05) is 6.61 Å². The molecule has 4 aliphatic carbocycles. The average Bonchev–Trinajstić information content (AvgIpc) is 3.11. The summed E-state index contributed by atoms with van der Waals surface area (Å²) in [6.07, 6.45) is 12.3. The summed E-state index contributed by atoms with van der Waals surface area (Å²) in [5, 5.41) is 11.7. The largest absolute Gasteiger partial charge is 0.463 e. The average molecular weight is 443 g/mol. The Kier molecular flexibility index (Phi) is 6.48. The van der Waals surface area contributed by atoms with Crippen molar-refractivity contribution in [3.8, 4) is 0 Å². The van der Waals surface area contributed by atoms with Gasteiger partial charge in [-0.05, 0) is 91.9 Å². The van der Waals surface area contributed by atoms with Crippen LogP contribution in [0.3, 0.4) is 0 Å². The molecule has 0 heterocycles. The number of esters is 1. The Morgan fingerprint density at radius 3 is 2.66 bits per heavy atom. The molecular formula is C28H42O4. The highest BCUT2D eigenvalue weighted by Crippen LogP contribution is 2.68. The first-order chi connectivity index (χ1) is 15.2. The molecule has 0 aliphatic heterocycles. The zero-order valence-corrected chi connectivity index (χ0v) is 20.6. The normalized spacial score (nSPS) is 44.4. The lowest BCUT2D eigenvalue weighted by atomic mass is 9.43. The molecular weight excluding hydrogens is 400 g/mol. The molecule has 3 saturated carbocycles. The van der Waals surface area contributed by atoms with Crippen molar-refractivity contribution in [1.82, 2.24) is 0 Å². The van der Waals surface area contributed by atoms with Crippen molar-refractivity contribution < 1.29 is 19.4 Å². The van der Waals surface area contributed by atoms with Crippen molar-refractivity contribution in [1.29, 1.82) is 0 Å². The molecule has 3 fully saturated rings. The minimum atomic E-state index is -0.357. The molecule has 0 saturated heterocycles. The highest BCUT2D eigenvalue weighted by atomic mass is 16.5. The van der Waals surface area contributed by atoms with Crippen LogP contribution in [0.15, 0.2) is 23.8 Å². The van der Waals surface area contributed by atoms with Gasteiger partial charge in [0.15, 0.2) is 5.78 Å². The van der Waals surface area contributed by atoms with Crippen LogP contribution in [0.4, 0.5) is 0 Å². The molecule has 0 radical (unpaired) electrons. The Morgan fingerprint density at radius 1 is 1.22 bits per heavy atom. The molecule has 32 heavy (non-hydrogen) atoms. The minimum absolute atomic E-state index is 0.0489. The third-order valence-corrected chi connectivity index (χ3v) is 10.2. The quantitative estimate of drug-likeness (QED) is 0.451. The molecule has 178 valence electrons. The number of fused-ring (bicyclic) bond motifs is 5. The Morgan fingerprint density at radius 2 is 1.97 bits per heavy atom. The number of carbonyl (C=O) groups is 2. The van der Waals surface area contributed by atoms with Crippen molar-refractivity contribution in [3.63, 3.8) is 0 Å². The molecule has 4 rings (SSSR count). The van der Waals surface area contributed by atoms with Crippen LogP contribution in [0.25, 0.3) is 0 Å². The highest BCUT2D eigenvalue weighted by molar-refractivity contribution is 5.91. The second-order valence-corrected chi connectivity index (χ2v) is 11.5. The number of rotatable bonds is 5. The van der Waals surface area contributed by atoms with E-state index < -0.39 is 0 Å². The molecule has 9 atom stereocenters. The fraction of sp³-hybridized carbons (Fsp3) is 0.786. The molecule has 0 aromatic rings. The molecule has 0 aromatic carbocycles. The maximum Gasteiger partial charge on any atom is 0.330 e. The van der Waals surface area contributed by atoms with Gasteiger partial charge in [-0.2, -0.15) is 0 Å². The van der Waals surface area contributed by atoms with Crippen LogP contribution in [0.1, 0.15) is 79.6 Å². The Bertz CT molecular complexity index is 812. The van der Waals surface area contributed by atoms with Crippen LogP contribution >= 0.6 is 0 Å². The lowest BCUT2D eigenvalue weighted by molar-refractivity contribution is -0.137. The van der Waals surface area contributed by atoms with Crippen LogP contribution in [0.5, 0.6) is 0 Å². The summed E-state index contributed by atoms with van der Waals surface area (Å²) in [5.74, 6) is 2.19. The molecule has 0 bridgehead atoms. The number of hydrogen-bond donors (Lipinski definition) is 1. The zero-order valence-electron chi connectivity index (χ0n) is 20.6. The van der Waals surface area contributed by atoms with Gasteiger partial charge < -0.3 is 9.84 Å². The first-order valence-corrected chi connectivity index (χ1v) is 12.9. The predicted octanol–water partition coefficient (Wildman–Crippen LogP) is 5.50. The maximum atomic E-state index is 12.3. The van der Waals surface area contributed by atoms with Gasteiger partial charge in [0.25, 0.3) is 0 Å². The monoisotopic (exact) mass is 442 g/mol. The minimum Gasteiger partial charge on any atom is -0.463 e. The van der Waals surface area contributed by atoms with E-state index in [1.54, 1.807) is 6.08 Å². The van der Waals surface area contributed by atoms with Gasteiger partial charge in [-0.3, -0.25) is 4.79 Å². The second-order valence-electron chi connectivity index (χ2n) is 11.5. The van der Waals surface area contributed by atoms with Crippen LogP contribution < -0.4 is 0 Å². The smallest absolute Gasteiger partial charge is 0.330 e. The van der Waals surface area contributed by atoms with Gasteiger partial charge in [-0.1, -0.05) is 39.3 Å². The Labute approximate surface area is 193 Å². The highest BCUT2D eigenvalue weighted by Gasteiger charge is 2.63. The zero-order chi connectivity index (χ0) is 23.3. The molecule has 1 N–H and O–H groups in total. The second kappa shape index (κ2) is 8.74. The van der Waals surface area contributed by atoms with Crippen LogP contribution in [0, 0.1) is 46.3 Å². The molecule has 4 nitrogen and oxygen atoms in total. The van der Waals surface area contributed by atoms with E-state index >= 15 is 0 Å². The van der Waals surface area contributed by atoms with Gasteiger partial charge >= 0.3 is 5.97 Å². The summed E-state index contributed by atoms with van der Waals surface area (Å²) < 4.78 is 5.08. The summed E-state index contributed by atoms with van der Waals surface area (Å²) in [6, 6.07) is 0. The molecule has 0 spiro atoms. The third-order valence-electron chi connectivity index (χ3n) is 10.2. The van der Waals surface area contributed by atoms with Crippen molar-refractivity contribution in [2.45, 2.75) is 85.7 Å². The van der Waals surface area contributed by atoms with E-state index in [0.29, 0.717) is 42.6 Å². The predicted molar refractivity (Wildman–Crippen MR) is 126 cm³/mol. The fourth-order valence-electron chi connectivity index (χ4n) is 8.65. The number of ether oxygens (including phenoxy) is 1. The summed E-state index contributed by atoms with van der Waals surface area (Å²) in [4.78, 5) is 24.1. The SMILES string of the molecule is CCOC(=O)/C=C/[C@@H](C)[C@H]1CC[C@H]2[C@@H]3C(O)C(CC)C4=CC(=O)CC[C@]4(C)[C@H]3CC[C@]12C. The van der Waals surface area contributed by atoms with Gasteiger partial charge in [0.1, 0.15) is 0 Å². The topological polar surface area (TPSA) is 63.6 Å². The van der Waals surface area contributed by atoms with Gasteiger partial charge in [0.05, 0.1) is 12.7 Å². The standard InChI is InChI=1S/C28H42O4/c1-6-19-23-16-18(29)12-14-28(23,5)22-13-15-27(4)20(9-10-21(27)25(22)26(19)31)17(3)8-11-24(30)32-7-2/h8,11,16-17,19-22,25-26,31H,6-7,9-10,12-15H2,1-5H3/b11-8+/t17-,19?,20-,21+,22+,25+,26?,27-,28-/m1/s1. The van der Waals surface area contributed by atoms with E-state index in [1.807, 2.05) is 19.1 Å². The third kappa shape index (κ3) is 3.61. The van der Waals surface area contributed by atoms with E-state index in [-0.39, 0.29) is 34.6 Å². The van der Waals surface area contributed by atoms with Crippen molar-refractivity contribution >= 4 is 11.8 Å². The van der Waals surface area contributed by atoms with Gasteiger partial charge in [0.2, 0.25) is 0 Å². The number of ketones is 1. The Hall–Kier alpha value is -1.42. The van der Waals surface area contributed by atoms with Crippen molar-refractivity contribution in [3.05, 3.63) is 23.8 Å². The van der Waals surface area contributed by atoms with Crippen LogP contribution in [-0.4, -0.2) is 29.6 Å². The van der Waals surface area contributed by atoms with Gasteiger partial charge in [0, 0.05) is 18.4 Å². The lowest BCUT2D eigenvalue weighted by Crippen LogP contribution is -2.58. The molecule has 0 amide bonds. The molecule has 4 heteroatoms. The maximum absolute atomic E-state index is 12.3. The van der Waals surface area contributed by atoms with E-state index in [9.17, 15) is 14.7 Å². The van der Waals surface area contributed by atoms with E-state index in [2.05, 4.69) is 27.7 Å². The summed E-state index contributed by atoms with van der Waals surface area (Å²) >= 11 is 0. The van der Waals surface area contributed by atoms with Crippen LogP contribution in [-0.2, 0) is 14.3 Å². The Balaban J connectivity index is 1.62. The fourth-order valence-corrected chi connectivity index (χ4v) is 8.65. The van der Waals surface area contributed by atoms with E-state index in [0.717, 1.165) is 32.1 Å². The summed E-state index contributed by atoms with van der Waals surface area (Å²) in [6.45, 7) is 11.5. The first kappa shape index (κ1) is 23.7. The summed E-state index contributed by atoms with van der Waals surface area (Å²) in [7, 11) is 0. The number of aliphatic hydroxyl groups is 1. The lowest BCUT2D eigenvalue weighted by Gasteiger charge is -2.61. The van der Waals surface area contributed by atoms with Crippen LogP contribution in [0.2, 0.25) is 0 Å². The van der Waals surface area contributed by atoms with Crippen molar-refractivity contribution in [2.24, 2.45) is 46.3 Å². The first-order valence-electron chi connectivity index (χ1n) is 12.9. The number of aliphatic hydroxyl groups excluding tert-OH is 1. The number of allylic oxidation sites excluding steroid dienone is 1. The summed E-state index contributed by atoms with van der Waals surface area (Å²) in [5.41, 5.74) is 1.47. The number of hydrogen-bond acceptors (Lipinski definition) is 4. The van der Waals surface area contributed by atoms with E-state index in [1.165, 1.54) is 12.0 Å². The molecule has 0 aromatic heterocycles.